The van der Waals surface area contributed by atoms with Crippen molar-refractivity contribution in [1.82, 2.24) is 0 Å². The van der Waals surface area contributed by atoms with E-state index in [9.17, 15) is 4.39 Å². The van der Waals surface area contributed by atoms with Gasteiger partial charge in [0, 0.05) is 17.5 Å². The minimum Gasteiger partial charge on any atom is -0.493 e. The highest BCUT2D eigenvalue weighted by atomic mass is 19.1. The van der Waals surface area contributed by atoms with Crippen molar-refractivity contribution in [3.05, 3.63) is 29.6 Å². The van der Waals surface area contributed by atoms with Gasteiger partial charge in [-0.1, -0.05) is 12.1 Å². The molecule has 0 saturated heterocycles. The molecule has 1 fully saturated rings. The van der Waals surface area contributed by atoms with Crippen molar-refractivity contribution in [2.24, 2.45) is 5.73 Å². The Balaban J connectivity index is 2.47. The predicted octanol–water partition coefficient (Wildman–Crippen LogP) is 1.82. The van der Waals surface area contributed by atoms with E-state index >= 15 is 0 Å². The van der Waals surface area contributed by atoms with E-state index < -0.39 is 0 Å². The molecule has 2 N–H and O–H groups in total. The molecule has 0 unspecified atom stereocenters. The molecular weight excluding hydrogens is 181 g/mol. The number of rotatable bonds is 3. The summed E-state index contributed by atoms with van der Waals surface area (Å²) < 4.78 is 18.5. The maximum Gasteiger partial charge on any atom is 0.165 e. The topological polar surface area (TPSA) is 35.2 Å². The smallest absolute Gasteiger partial charge is 0.165 e. The molecule has 14 heavy (non-hydrogen) atoms. The summed E-state index contributed by atoms with van der Waals surface area (Å²) in [6, 6.07) is 5.03. The minimum absolute atomic E-state index is 0.0204. The quantitative estimate of drug-likeness (QED) is 0.798. The van der Waals surface area contributed by atoms with Gasteiger partial charge in [-0.2, -0.15) is 0 Å². The number of hydrogen-bond acceptors (Lipinski definition) is 2. The van der Waals surface area contributed by atoms with E-state index in [0.29, 0.717) is 12.3 Å². The van der Waals surface area contributed by atoms with Gasteiger partial charge in [0.05, 0.1) is 7.11 Å². The number of para-hydroxylation sites is 1. The van der Waals surface area contributed by atoms with Gasteiger partial charge in [0.25, 0.3) is 0 Å². The van der Waals surface area contributed by atoms with Crippen molar-refractivity contribution in [2.75, 3.05) is 13.7 Å². The van der Waals surface area contributed by atoms with Crippen molar-refractivity contribution >= 4 is 0 Å². The Hall–Kier alpha value is -1.09. The first kappa shape index (κ1) is 9.46. The van der Waals surface area contributed by atoms with Crippen molar-refractivity contribution in [2.45, 2.75) is 18.3 Å². The second-order valence-electron chi connectivity index (χ2n) is 3.81. The minimum atomic E-state index is -0.301. The van der Waals surface area contributed by atoms with Gasteiger partial charge in [0.2, 0.25) is 0 Å². The Morgan fingerprint density at radius 2 is 2.21 bits per heavy atom. The van der Waals surface area contributed by atoms with Crippen LogP contribution in [-0.4, -0.2) is 13.7 Å². The van der Waals surface area contributed by atoms with Crippen molar-refractivity contribution in [3.8, 4) is 5.75 Å². The molecule has 0 atom stereocenters. The highest BCUT2D eigenvalue weighted by molar-refractivity contribution is 5.44. The van der Waals surface area contributed by atoms with Crippen LogP contribution in [0, 0.1) is 5.82 Å². The molecule has 0 radical (unpaired) electrons. The van der Waals surface area contributed by atoms with Gasteiger partial charge in [-0.25, -0.2) is 4.39 Å². The fourth-order valence-electron chi connectivity index (χ4n) is 1.87. The maximum atomic E-state index is 13.4. The number of benzene rings is 1. The van der Waals surface area contributed by atoms with Crippen LogP contribution in [-0.2, 0) is 5.41 Å². The number of ether oxygens (including phenoxy) is 1. The molecular formula is C11H14FNO. The van der Waals surface area contributed by atoms with Crippen LogP contribution in [0.15, 0.2) is 18.2 Å². The van der Waals surface area contributed by atoms with Crippen LogP contribution in [0.2, 0.25) is 0 Å². The number of halogens is 1. The molecule has 0 aliphatic heterocycles. The van der Waals surface area contributed by atoms with Crippen LogP contribution < -0.4 is 10.5 Å². The lowest BCUT2D eigenvalue weighted by atomic mass is 9.95. The third-order valence-corrected chi connectivity index (χ3v) is 2.99. The SMILES string of the molecule is COc1c(F)cccc1C1(CN)CC1. The van der Waals surface area contributed by atoms with E-state index in [1.807, 2.05) is 6.07 Å². The Morgan fingerprint density at radius 1 is 1.50 bits per heavy atom. The number of hydrogen-bond donors (Lipinski definition) is 1. The van der Waals surface area contributed by atoms with Crippen LogP contribution in [0.5, 0.6) is 5.75 Å². The number of methoxy groups -OCH3 is 1. The first-order chi connectivity index (χ1) is 6.73. The molecule has 2 rings (SSSR count). The summed E-state index contributed by atoms with van der Waals surface area (Å²) >= 11 is 0. The monoisotopic (exact) mass is 195 g/mol. The first-order valence-corrected chi connectivity index (χ1v) is 4.76. The van der Waals surface area contributed by atoms with Crippen LogP contribution in [0.4, 0.5) is 4.39 Å². The summed E-state index contributed by atoms with van der Waals surface area (Å²) in [6.45, 7) is 0.562. The van der Waals surface area contributed by atoms with Crippen LogP contribution in [0.3, 0.4) is 0 Å². The van der Waals surface area contributed by atoms with Crippen molar-refractivity contribution in [3.63, 3.8) is 0 Å². The molecule has 2 nitrogen and oxygen atoms in total. The second kappa shape index (κ2) is 3.24. The molecule has 1 aliphatic carbocycles. The average Bonchev–Trinajstić information content (AvgIpc) is 2.98. The Kier molecular flexibility index (Phi) is 2.19. The molecule has 3 heteroatoms. The fraction of sp³-hybridized carbons (Fsp3) is 0.455. The zero-order valence-corrected chi connectivity index (χ0v) is 8.22. The van der Waals surface area contributed by atoms with Gasteiger partial charge in [-0.15, -0.1) is 0 Å². The van der Waals surface area contributed by atoms with E-state index in [0.717, 1.165) is 18.4 Å². The lowest BCUT2D eigenvalue weighted by Gasteiger charge is -2.16. The second-order valence-corrected chi connectivity index (χ2v) is 3.81. The number of nitrogens with two attached hydrogens (primary N) is 1. The van der Waals surface area contributed by atoms with Crippen molar-refractivity contribution in [1.29, 1.82) is 0 Å². The molecule has 1 aliphatic rings. The van der Waals surface area contributed by atoms with Crippen LogP contribution in [0.25, 0.3) is 0 Å². The normalized spacial score (nSPS) is 17.9. The lowest BCUT2D eigenvalue weighted by molar-refractivity contribution is 0.376. The molecule has 0 amide bonds. The van der Waals surface area contributed by atoms with Gasteiger partial charge in [-0.3, -0.25) is 0 Å². The maximum absolute atomic E-state index is 13.4. The summed E-state index contributed by atoms with van der Waals surface area (Å²) in [5.41, 5.74) is 6.60. The van der Waals surface area contributed by atoms with E-state index in [4.69, 9.17) is 10.5 Å². The molecule has 76 valence electrons. The van der Waals surface area contributed by atoms with E-state index in [-0.39, 0.29) is 11.2 Å². The lowest BCUT2D eigenvalue weighted by Crippen LogP contribution is -2.20. The Labute approximate surface area is 82.9 Å². The molecule has 0 aromatic heterocycles. The molecule has 0 bridgehead atoms. The summed E-state index contributed by atoms with van der Waals surface area (Å²) in [7, 11) is 1.49. The highest BCUT2D eigenvalue weighted by Crippen LogP contribution is 2.50. The Bertz CT molecular complexity index is 347. The van der Waals surface area contributed by atoms with Crippen LogP contribution >= 0.6 is 0 Å². The zero-order chi connectivity index (χ0) is 10.2. The van der Waals surface area contributed by atoms with Crippen molar-refractivity contribution < 1.29 is 9.13 Å². The van der Waals surface area contributed by atoms with Crippen LogP contribution in [0.1, 0.15) is 18.4 Å². The Morgan fingerprint density at radius 3 is 2.71 bits per heavy atom. The zero-order valence-electron chi connectivity index (χ0n) is 8.22. The van der Waals surface area contributed by atoms with E-state index in [1.54, 1.807) is 6.07 Å². The summed E-state index contributed by atoms with van der Waals surface area (Å²) in [5, 5.41) is 0. The van der Waals surface area contributed by atoms with E-state index in [1.165, 1.54) is 13.2 Å². The summed E-state index contributed by atoms with van der Waals surface area (Å²) in [5.74, 6) is 0.0557. The summed E-state index contributed by atoms with van der Waals surface area (Å²) in [6.07, 6.45) is 2.06. The third kappa shape index (κ3) is 1.28. The molecule has 1 saturated carbocycles. The fourth-order valence-corrected chi connectivity index (χ4v) is 1.87. The van der Waals surface area contributed by atoms with E-state index in [2.05, 4.69) is 0 Å². The van der Waals surface area contributed by atoms with Gasteiger partial charge in [0.1, 0.15) is 0 Å². The third-order valence-electron chi connectivity index (χ3n) is 2.99. The summed E-state index contributed by atoms with van der Waals surface area (Å²) in [4.78, 5) is 0. The van der Waals surface area contributed by atoms with Gasteiger partial charge in [-0.05, 0) is 18.9 Å². The van der Waals surface area contributed by atoms with Gasteiger partial charge >= 0.3 is 0 Å². The molecule has 0 spiro atoms. The molecule has 1 aromatic carbocycles. The first-order valence-electron chi connectivity index (χ1n) is 4.76. The molecule has 0 heterocycles. The largest absolute Gasteiger partial charge is 0.493 e. The van der Waals surface area contributed by atoms with Gasteiger partial charge < -0.3 is 10.5 Å². The van der Waals surface area contributed by atoms with Gasteiger partial charge in [0.15, 0.2) is 11.6 Å². The highest BCUT2D eigenvalue weighted by Gasteiger charge is 2.45. The predicted molar refractivity (Wildman–Crippen MR) is 52.9 cm³/mol. The average molecular weight is 195 g/mol. The molecule has 1 aromatic rings. The standard InChI is InChI=1S/C11H14FNO/c1-14-10-8(3-2-4-9(10)12)11(7-13)5-6-11/h2-4H,5-7,13H2,1H3.